The molecular weight excluding hydrogens is 566 g/mol. The molecule has 9 nitrogen and oxygen atoms in total. The number of amides is 2. The van der Waals surface area contributed by atoms with Crippen molar-refractivity contribution in [1.82, 2.24) is 10.2 Å². The van der Waals surface area contributed by atoms with Crippen LogP contribution in [0.4, 0.5) is 5.69 Å². The van der Waals surface area contributed by atoms with Crippen LogP contribution in [0.15, 0.2) is 42.5 Å². The van der Waals surface area contributed by atoms with Crippen LogP contribution in [-0.2, 0) is 26.2 Å². The van der Waals surface area contributed by atoms with Crippen LogP contribution in [0.1, 0.15) is 63.9 Å². The normalized spacial score (nSPS) is 16.1. The van der Waals surface area contributed by atoms with Crippen LogP contribution in [0.2, 0.25) is 5.02 Å². The lowest BCUT2D eigenvalue weighted by Crippen LogP contribution is -2.51. The summed E-state index contributed by atoms with van der Waals surface area (Å²) in [7, 11) is -3.64. The molecule has 1 aliphatic carbocycles. The number of carbonyl (C=O) groups is 2. The third-order valence-electron chi connectivity index (χ3n) is 7.60. The topological polar surface area (TPSA) is 105 Å². The summed E-state index contributed by atoms with van der Waals surface area (Å²) < 4.78 is 37.9. The number of nitrogens with one attached hydrogen (secondary N) is 1. The van der Waals surface area contributed by atoms with Gasteiger partial charge in [-0.1, -0.05) is 56.0 Å². The van der Waals surface area contributed by atoms with Gasteiger partial charge in [0, 0.05) is 36.6 Å². The number of halogens is 1. The van der Waals surface area contributed by atoms with E-state index in [-0.39, 0.29) is 43.8 Å². The summed E-state index contributed by atoms with van der Waals surface area (Å²) in [6.07, 6.45) is 7.16. The molecular formula is C30H40ClN3O6S. The molecule has 11 heteroatoms. The number of rotatable bonds is 12. The van der Waals surface area contributed by atoms with Gasteiger partial charge in [-0.25, -0.2) is 8.42 Å². The van der Waals surface area contributed by atoms with E-state index in [2.05, 4.69) is 5.32 Å². The van der Waals surface area contributed by atoms with Crippen molar-refractivity contribution in [3.05, 3.63) is 53.1 Å². The summed E-state index contributed by atoms with van der Waals surface area (Å²) in [5, 5.41) is 3.69. The van der Waals surface area contributed by atoms with E-state index >= 15 is 0 Å². The molecule has 0 bridgehead atoms. The Kier molecular flexibility index (Phi) is 10.8. The highest BCUT2D eigenvalue weighted by atomic mass is 35.5. The molecule has 1 heterocycles. The van der Waals surface area contributed by atoms with Gasteiger partial charge < -0.3 is 19.7 Å². The Morgan fingerprint density at radius 3 is 2.44 bits per heavy atom. The van der Waals surface area contributed by atoms with Crippen molar-refractivity contribution in [2.75, 3.05) is 30.3 Å². The molecule has 1 fully saturated rings. The monoisotopic (exact) mass is 605 g/mol. The second kappa shape index (κ2) is 14.3. The largest absolute Gasteiger partial charge is 0.486 e. The molecule has 1 atom stereocenters. The number of sulfonamides is 1. The lowest BCUT2D eigenvalue weighted by atomic mass is 9.95. The number of fused-ring (bicyclic) bond motifs is 1. The van der Waals surface area contributed by atoms with Crippen molar-refractivity contribution in [2.45, 2.75) is 76.9 Å². The number of ether oxygens (including phenoxy) is 2. The molecule has 2 aliphatic rings. The second-order valence-corrected chi connectivity index (χ2v) is 13.0. The van der Waals surface area contributed by atoms with Gasteiger partial charge in [-0.2, -0.15) is 0 Å². The molecule has 1 N–H and O–H groups in total. The molecule has 2 aromatic rings. The Bertz CT molecular complexity index is 1320. The second-order valence-electron chi connectivity index (χ2n) is 10.6. The van der Waals surface area contributed by atoms with Gasteiger partial charge in [-0.3, -0.25) is 13.9 Å². The highest BCUT2D eigenvalue weighted by Gasteiger charge is 2.31. The lowest BCUT2D eigenvalue weighted by Gasteiger charge is -2.33. The quantitative estimate of drug-likeness (QED) is 0.368. The zero-order valence-corrected chi connectivity index (χ0v) is 25.4. The minimum absolute atomic E-state index is 0.0637. The van der Waals surface area contributed by atoms with Crippen molar-refractivity contribution >= 4 is 39.1 Å². The van der Waals surface area contributed by atoms with E-state index in [1.165, 1.54) is 10.7 Å². The maximum Gasteiger partial charge on any atom is 0.243 e. The van der Waals surface area contributed by atoms with Crippen molar-refractivity contribution in [2.24, 2.45) is 0 Å². The number of hydrogen-bond acceptors (Lipinski definition) is 6. The van der Waals surface area contributed by atoms with Crippen molar-refractivity contribution in [3.8, 4) is 11.5 Å². The van der Waals surface area contributed by atoms with E-state index in [9.17, 15) is 18.0 Å². The Morgan fingerprint density at radius 2 is 1.76 bits per heavy atom. The molecule has 1 unspecified atom stereocenters. The molecule has 224 valence electrons. The molecule has 2 amide bonds. The third kappa shape index (κ3) is 8.29. The molecule has 0 aromatic heterocycles. The van der Waals surface area contributed by atoms with Gasteiger partial charge in [0.05, 0.1) is 11.9 Å². The Balaban J connectivity index is 1.49. The van der Waals surface area contributed by atoms with E-state index in [4.69, 9.17) is 21.1 Å². The first kappa shape index (κ1) is 31.0. The molecule has 4 rings (SSSR count). The van der Waals surface area contributed by atoms with Crippen LogP contribution in [0.3, 0.4) is 0 Å². The van der Waals surface area contributed by atoms with Gasteiger partial charge >= 0.3 is 0 Å². The van der Waals surface area contributed by atoms with Crippen LogP contribution in [0.5, 0.6) is 11.5 Å². The zero-order chi connectivity index (χ0) is 29.4. The standard InChI is InChI=1S/C30H40ClN3O6S/c1-3-26(30(36)32-23-11-5-4-6-12-23)33(21-22-10-7-8-13-25(22)31)29(35)14-9-17-34(41(2,37)38)24-15-16-27-28(20-24)40-19-18-39-27/h7-8,10,13,15-16,20,23,26H,3-6,9,11-12,14,17-19,21H2,1-2H3,(H,32,36). The fourth-order valence-electron chi connectivity index (χ4n) is 5.47. The fourth-order valence-corrected chi connectivity index (χ4v) is 6.62. The Labute approximate surface area is 248 Å². The van der Waals surface area contributed by atoms with Crippen LogP contribution in [-0.4, -0.2) is 63.2 Å². The smallest absolute Gasteiger partial charge is 0.243 e. The first-order valence-corrected chi connectivity index (χ1v) is 16.6. The predicted molar refractivity (Wildman–Crippen MR) is 160 cm³/mol. The highest BCUT2D eigenvalue weighted by molar-refractivity contribution is 7.92. The molecule has 2 aromatic carbocycles. The molecule has 1 saturated carbocycles. The first-order valence-electron chi connectivity index (χ1n) is 14.4. The SMILES string of the molecule is CCC(C(=O)NC1CCCCC1)N(Cc1ccccc1Cl)C(=O)CCCN(c1ccc2c(c1)OCCO2)S(C)(=O)=O. The summed E-state index contributed by atoms with van der Waals surface area (Å²) in [5.41, 5.74) is 1.19. The lowest BCUT2D eigenvalue weighted by molar-refractivity contribution is -0.141. The van der Waals surface area contributed by atoms with Gasteiger partial charge in [0.15, 0.2) is 11.5 Å². The molecule has 41 heavy (non-hydrogen) atoms. The summed E-state index contributed by atoms with van der Waals surface area (Å²) in [5.74, 6) is 0.662. The van der Waals surface area contributed by atoms with Crippen molar-refractivity contribution in [1.29, 1.82) is 0 Å². The van der Waals surface area contributed by atoms with E-state index in [0.717, 1.165) is 37.5 Å². The summed E-state index contributed by atoms with van der Waals surface area (Å²) in [4.78, 5) is 28.7. The highest BCUT2D eigenvalue weighted by Crippen LogP contribution is 2.35. The number of benzene rings is 2. The Morgan fingerprint density at radius 1 is 1.05 bits per heavy atom. The molecule has 0 spiro atoms. The van der Waals surface area contributed by atoms with Crippen molar-refractivity contribution in [3.63, 3.8) is 0 Å². The summed E-state index contributed by atoms with van der Waals surface area (Å²) >= 11 is 6.44. The van der Waals surface area contributed by atoms with Crippen LogP contribution in [0.25, 0.3) is 0 Å². The van der Waals surface area contributed by atoms with Crippen LogP contribution in [0, 0.1) is 0 Å². The van der Waals surface area contributed by atoms with E-state index in [1.807, 2.05) is 25.1 Å². The maximum absolute atomic E-state index is 13.7. The number of carbonyl (C=O) groups excluding carboxylic acids is 2. The predicted octanol–water partition coefficient (Wildman–Crippen LogP) is 4.91. The average Bonchev–Trinajstić information content (AvgIpc) is 2.95. The fraction of sp³-hybridized carbons (Fsp3) is 0.533. The third-order valence-corrected chi connectivity index (χ3v) is 9.16. The average molecular weight is 606 g/mol. The molecule has 0 radical (unpaired) electrons. The minimum atomic E-state index is -3.64. The van der Waals surface area contributed by atoms with Gasteiger partial charge in [-0.05, 0) is 49.4 Å². The molecule has 1 aliphatic heterocycles. The van der Waals surface area contributed by atoms with Crippen molar-refractivity contribution < 1.29 is 27.5 Å². The summed E-state index contributed by atoms with van der Waals surface area (Å²) in [6.45, 7) is 3.00. The van der Waals surface area contributed by atoms with Gasteiger partial charge in [-0.15, -0.1) is 0 Å². The van der Waals surface area contributed by atoms with E-state index < -0.39 is 16.1 Å². The van der Waals surface area contributed by atoms with Crippen LogP contribution < -0.4 is 19.1 Å². The zero-order valence-electron chi connectivity index (χ0n) is 23.8. The van der Waals surface area contributed by atoms with Crippen LogP contribution >= 0.6 is 11.6 Å². The van der Waals surface area contributed by atoms with E-state index in [1.54, 1.807) is 29.2 Å². The summed E-state index contributed by atoms with van der Waals surface area (Å²) in [6, 6.07) is 11.7. The molecule has 0 saturated heterocycles. The number of hydrogen-bond donors (Lipinski definition) is 1. The maximum atomic E-state index is 13.7. The number of nitrogens with zero attached hydrogens (tertiary/aromatic N) is 2. The van der Waals surface area contributed by atoms with Gasteiger partial charge in [0.25, 0.3) is 0 Å². The first-order chi connectivity index (χ1) is 19.7. The van der Waals surface area contributed by atoms with Gasteiger partial charge in [0.1, 0.15) is 19.3 Å². The number of anilines is 1. The minimum Gasteiger partial charge on any atom is -0.486 e. The van der Waals surface area contributed by atoms with Gasteiger partial charge in [0.2, 0.25) is 21.8 Å². The van der Waals surface area contributed by atoms with E-state index in [0.29, 0.717) is 41.8 Å². The Hall–Kier alpha value is -2.98.